The fourth-order valence-corrected chi connectivity index (χ4v) is 3.78. The highest BCUT2D eigenvalue weighted by molar-refractivity contribution is 6.08. The molecule has 4 rings (SSSR count). The minimum absolute atomic E-state index is 0.137. The van der Waals surface area contributed by atoms with E-state index in [0.29, 0.717) is 5.58 Å². The Labute approximate surface area is 157 Å². The summed E-state index contributed by atoms with van der Waals surface area (Å²) < 4.78 is 11.4. The van der Waals surface area contributed by atoms with E-state index in [2.05, 4.69) is 0 Å². The molecule has 2 aromatic carbocycles. The number of hydrogen-bond acceptors (Lipinski definition) is 4. The number of nitrogens with zero attached hydrogens (tertiary/aromatic N) is 1. The first-order valence-corrected chi connectivity index (χ1v) is 9.47. The average Bonchev–Trinajstić information content (AvgIpc) is 3.05. The minimum Gasteiger partial charge on any atom is -0.448 e. The summed E-state index contributed by atoms with van der Waals surface area (Å²) in [6, 6.07) is 11.8. The number of carbonyl (C=O) groups excluding carboxylic acids is 2. The van der Waals surface area contributed by atoms with Crippen LogP contribution in [0.15, 0.2) is 40.8 Å². The molecular formula is C22H23NO4. The average molecular weight is 365 g/mol. The van der Waals surface area contributed by atoms with Crippen LogP contribution in [0.25, 0.3) is 21.7 Å². The van der Waals surface area contributed by atoms with Gasteiger partial charge in [0.1, 0.15) is 5.58 Å². The summed E-state index contributed by atoms with van der Waals surface area (Å²) in [5.74, 6) is -0.562. The van der Waals surface area contributed by atoms with Gasteiger partial charge in [-0.3, -0.25) is 4.79 Å². The smallest absolute Gasteiger partial charge is 0.375 e. The van der Waals surface area contributed by atoms with Gasteiger partial charge >= 0.3 is 5.97 Å². The van der Waals surface area contributed by atoms with Crippen molar-refractivity contribution < 1.29 is 18.7 Å². The first kappa shape index (κ1) is 17.6. The van der Waals surface area contributed by atoms with E-state index in [4.69, 9.17) is 9.15 Å². The van der Waals surface area contributed by atoms with Gasteiger partial charge in [-0.2, -0.15) is 0 Å². The van der Waals surface area contributed by atoms with Gasteiger partial charge in [0.05, 0.1) is 0 Å². The number of esters is 1. The summed E-state index contributed by atoms with van der Waals surface area (Å²) in [6.07, 6.45) is 2.33. The lowest BCUT2D eigenvalue weighted by Gasteiger charge is -2.28. The molecule has 1 aliphatic heterocycles. The maximum Gasteiger partial charge on any atom is 0.375 e. The zero-order valence-corrected chi connectivity index (χ0v) is 15.7. The van der Waals surface area contributed by atoms with Gasteiger partial charge in [-0.05, 0) is 38.5 Å². The molecule has 0 unspecified atom stereocenters. The van der Waals surface area contributed by atoms with Crippen LogP contribution in [-0.2, 0) is 9.53 Å². The lowest BCUT2D eigenvalue weighted by molar-refractivity contribution is -0.140. The molecule has 1 aliphatic rings. The maximum absolute atomic E-state index is 12.7. The molecule has 0 N–H and O–H groups in total. The van der Waals surface area contributed by atoms with E-state index >= 15 is 0 Å². The highest BCUT2D eigenvalue weighted by atomic mass is 16.6. The Balaban J connectivity index is 1.60. The van der Waals surface area contributed by atoms with Gasteiger partial charge in [-0.15, -0.1) is 0 Å². The molecule has 1 atom stereocenters. The molecule has 3 aromatic rings. The summed E-state index contributed by atoms with van der Waals surface area (Å²) in [5.41, 5.74) is 1.41. The number of aryl methyl sites for hydroxylation is 1. The molecule has 0 saturated carbocycles. The molecule has 140 valence electrons. The number of piperidine rings is 1. The van der Waals surface area contributed by atoms with Gasteiger partial charge in [0.25, 0.3) is 5.91 Å². The molecule has 1 amide bonds. The highest BCUT2D eigenvalue weighted by Gasteiger charge is 2.28. The third-order valence-electron chi connectivity index (χ3n) is 5.31. The van der Waals surface area contributed by atoms with Gasteiger partial charge in [0.2, 0.25) is 5.76 Å². The standard InChI is InChI=1S/C22H23NO4/c1-14-17-11-10-16-8-4-5-9-18(16)20(17)27-19(14)22(25)26-15(2)21(24)23-12-6-3-7-13-23/h4-5,8-11,15H,3,6-7,12-13H2,1-2H3/t15-/m0/s1. The SMILES string of the molecule is Cc1c(C(=O)O[C@@H](C)C(=O)N2CCCCC2)oc2c1ccc1ccccc12. The van der Waals surface area contributed by atoms with Crippen molar-refractivity contribution in [3.8, 4) is 0 Å². The lowest BCUT2D eigenvalue weighted by Crippen LogP contribution is -2.42. The molecule has 27 heavy (non-hydrogen) atoms. The van der Waals surface area contributed by atoms with Crippen molar-refractivity contribution in [3.05, 3.63) is 47.7 Å². The van der Waals surface area contributed by atoms with Crippen molar-refractivity contribution in [1.82, 2.24) is 4.90 Å². The first-order valence-electron chi connectivity index (χ1n) is 9.47. The second-order valence-electron chi connectivity index (χ2n) is 7.15. The number of likely N-dealkylation sites (tertiary alicyclic amines) is 1. The van der Waals surface area contributed by atoms with E-state index in [1.807, 2.05) is 43.3 Å². The molecule has 0 spiro atoms. The molecular weight excluding hydrogens is 342 g/mol. The van der Waals surface area contributed by atoms with E-state index in [1.165, 1.54) is 0 Å². The summed E-state index contributed by atoms with van der Waals surface area (Å²) in [4.78, 5) is 27.0. The van der Waals surface area contributed by atoms with E-state index in [9.17, 15) is 9.59 Å². The molecule has 5 heteroatoms. The van der Waals surface area contributed by atoms with Crippen LogP contribution in [0.5, 0.6) is 0 Å². The number of benzene rings is 2. The van der Waals surface area contributed by atoms with Crippen molar-refractivity contribution in [3.63, 3.8) is 0 Å². The summed E-state index contributed by atoms with van der Waals surface area (Å²) in [5, 5.41) is 2.89. The van der Waals surface area contributed by atoms with E-state index in [0.717, 1.165) is 54.1 Å². The number of fused-ring (bicyclic) bond motifs is 3. The van der Waals surface area contributed by atoms with E-state index in [1.54, 1.807) is 11.8 Å². The van der Waals surface area contributed by atoms with Crippen LogP contribution in [0, 0.1) is 6.92 Å². The van der Waals surface area contributed by atoms with Crippen molar-refractivity contribution in [2.45, 2.75) is 39.2 Å². The topological polar surface area (TPSA) is 59.8 Å². The van der Waals surface area contributed by atoms with Crippen molar-refractivity contribution in [2.24, 2.45) is 0 Å². The monoisotopic (exact) mass is 365 g/mol. The fourth-order valence-electron chi connectivity index (χ4n) is 3.78. The molecule has 0 radical (unpaired) electrons. The molecule has 1 fully saturated rings. The number of carbonyl (C=O) groups is 2. The number of furan rings is 1. The van der Waals surface area contributed by atoms with Crippen molar-refractivity contribution in [1.29, 1.82) is 0 Å². The van der Waals surface area contributed by atoms with Crippen molar-refractivity contribution in [2.75, 3.05) is 13.1 Å². The predicted molar refractivity (Wildman–Crippen MR) is 104 cm³/mol. The van der Waals surface area contributed by atoms with Crippen molar-refractivity contribution >= 4 is 33.6 Å². The normalized spacial score (nSPS) is 15.9. The van der Waals surface area contributed by atoms with Gasteiger partial charge in [-0.25, -0.2) is 4.79 Å². The van der Waals surface area contributed by atoms with Crippen LogP contribution < -0.4 is 0 Å². The van der Waals surface area contributed by atoms with Gasteiger partial charge in [-0.1, -0.05) is 36.4 Å². The second kappa shape index (κ2) is 7.06. The first-order chi connectivity index (χ1) is 13.1. The summed E-state index contributed by atoms with van der Waals surface area (Å²) in [6.45, 7) is 4.93. The molecule has 0 bridgehead atoms. The largest absolute Gasteiger partial charge is 0.448 e. The summed E-state index contributed by atoms with van der Waals surface area (Å²) in [7, 11) is 0. The van der Waals surface area contributed by atoms with Crippen LogP contribution in [0.2, 0.25) is 0 Å². The Kier molecular flexibility index (Phi) is 4.60. The zero-order chi connectivity index (χ0) is 19.0. The Hall–Kier alpha value is -2.82. The Morgan fingerprint density at radius 1 is 1.04 bits per heavy atom. The number of amides is 1. The third-order valence-corrected chi connectivity index (χ3v) is 5.31. The Morgan fingerprint density at radius 3 is 2.56 bits per heavy atom. The Morgan fingerprint density at radius 2 is 1.78 bits per heavy atom. The van der Waals surface area contributed by atoms with Crippen LogP contribution in [-0.4, -0.2) is 36.0 Å². The third kappa shape index (κ3) is 3.18. The fraction of sp³-hybridized carbons (Fsp3) is 0.364. The summed E-state index contributed by atoms with van der Waals surface area (Å²) >= 11 is 0. The number of hydrogen-bond donors (Lipinski definition) is 0. The van der Waals surface area contributed by atoms with Gasteiger partial charge in [0.15, 0.2) is 6.10 Å². The molecule has 5 nitrogen and oxygen atoms in total. The second-order valence-corrected chi connectivity index (χ2v) is 7.15. The lowest BCUT2D eigenvalue weighted by atomic mass is 10.1. The predicted octanol–water partition coefficient (Wildman–Crippen LogP) is 4.45. The Bertz CT molecular complexity index is 1010. The zero-order valence-electron chi connectivity index (χ0n) is 15.7. The quantitative estimate of drug-likeness (QED) is 0.643. The molecule has 1 saturated heterocycles. The maximum atomic E-state index is 12.7. The molecule has 0 aliphatic carbocycles. The highest BCUT2D eigenvalue weighted by Crippen LogP contribution is 2.32. The van der Waals surface area contributed by atoms with Crippen LogP contribution in [0.4, 0.5) is 0 Å². The molecule has 1 aromatic heterocycles. The number of ether oxygens (including phenoxy) is 1. The van der Waals surface area contributed by atoms with E-state index < -0.39 is 12.1 Å². The van der Waals surface area contributed by atoms with Crippen LogP contribution in [0.3, 0.4) is 0 Å². The van der Waals surface area contributed by atoms with E-state index in [-0.39, 0.29) is 11.7 Å². The minimum atomic E-state index is -0.819. The van der Waals surface area contributed by atoms with Crippen LogP contribution in [0.1, 0.15) is 42.3 Å². The number of rotatable bonds is 3. The molecule has 2 heterocycles. The van der Waals surface area contributed by atoms with Gasteiger partial charge < -0.3 is 14.1 Å². The van der Waals surface area contributed by atoms with Crippen LogP contribution >= 0.6 is 0 Å². The van der Waals surface area contributed by atoms with Gasteiger partial charge in [0, 0.05) is 29.4 Å².